The molecule has 0 atom stereocenters. The molecule has 0 aliphatic carbocycles. The molecule has 0 aromatic carbocycles. The van der Waals surface area contributed by atoms with Gasteiger partial charge < -0.3 is 5.11 Å². The number of rotatable bonds is 3. The Morgan fingerprint density at radius 3 is 2.60 bits per heavy atom. The van der Waals surface area contributed by atoms with Crippen LogP contribution in [0, 0.1) is 0 Å². The molecule has 0 radical (unpaired) electrons. The van der Waals surface area contributed by atoms with Crippen molar-refractivity contribution in [3.05, 3.63) is 36.3 Å². The quantitative estimate of drug-likeness (QED) is 0.821. The van der Waals surface area contributed by atoms with Gasteiger partial charge in [-0.2, -0.15) is 5.10 Å². The van der Waals surface area contributed by atoms with Crippen molar-refractivity contribution in [2.75, 3.05) is 0 Å². The SMILES string of the molecule is CCn1nc(-c2ccncc2)cc1CO. The summed E-state index contributed by atoms with van der Waals surface area (Å²) in [6.07, 6.45) is 3.47. The Balaban J connectivity index is 2.42. The number of aryl methyl sites for hydroxylation is 1. The molecule has 0 spiro atoms. The second kappa shape index (κ2) is 4.23. The Kier molecular flexibility index (Phi) is 2.78. The zero-order valence-electron chi connectivity index (χ0n) is 8.59. The van der Waals surface area contributed by atoms with E-state index in [1.165, 1.54) is 0 Å². The van der Waals surface area contributed by atoms with Gasteiger partial charge in [-0.05, 0) is 25.1 Å². The third-order valence-corrected chi connectivity index (χ3v) is 2.30. The van der Waals surface area contributed by atoms with Gasteiger partial charge in [0.05, 0.1) is 18.0 Å². The predicted molar refractivity (Wildman–Crippen MR) is 57.1 cm³/mol. The summed E-state index contributed by atoms with van der Waals surface area (Å²) in [4.78, 5) is 3.96. The Morgan fingerprint density at radius 1 is 1.33 bits per heavy atom. The zero-order chi connectivity index (χ0) is 10.7. The van der Waals surface area contributed by atoms with Gasteiger partial charge in [0.1, 0.15) is 0 Å². The van der Waals surface area contributed by atoms with Crippen LogP contribution in [0.25, 0.3) is 11.3 Å². The first-order chi connectivity index (χ1) is 7.35. The summed E-state index contributed by atoms with van der Waals surface area (Å²) in [5.41, 5.74) is 2.74. The van der Waals surface area contributed by atoms with E-state index in [0.717, 1.165) is 23.5 Å². The second-order valence-electron chi connectivity index (χ2n) is 3.23. The summed E-state index contributed by atoms with van der Waals surface area (Å²) in [5.74, 6) is 0. The van der Waals surface area contributed by atoms with E-state index in [4.69, 9.17) is 5.11 Å². The van der Waals surface area contributed by atoms with Gasteiger partial charge in [0.25, 0.3) is 0 Å². The first-order valence-corrected chi connectivity index (χ1v) is 4.93. The van der Waals surface area contributed by atoms with Crippen LogP contribution in [0.15, 0.2) is 30.6 Å². The number of aromatic nitrogens is 3. The van der Waals surface area contributed by atoms with Crippen molar-refractivity contribution < 1.29 is 5.11 Å². The molecule has 4 heteroatoms. The molecule has 2 rings (SSSR count). The lowest BCUT2D eigenvalue weighted by Crippen LogP contribution is -2.01. The molecule has 0 aliphatic heterocycles. The molecule has 1 N–H and O–H groups in total. The van der Waals surface area contributed by atoms with E-state index in [0.29, 0.717) is 0 Å². The van der Waals surface area contributed by atoms with Gasteiger partial charge >= 0.3 is 0 Å². The minimum Gasteiger partial charge on any atom is -0.390 e. The largest absolute Gasteiger partial charge is 0.390 e. The van der Waals surface area contributed by atoms with Crippen LogP contribution in [-0.4, -0.2) is 19.9 Å². The molecular weight excluding hydrogens is 190 g/mol. The molecule has 0 aliphatic rings. The van der Waals surface area contributed by atoms with Crippen LogP contribution in [0.4, 0.5) is 0 Å². The van der Waals surface area contributed by atoms with Gasteiger partial charge in [-0.3, -0.25) is 9.67 Å². The maximum atomic E-state index is 9.14. The molecule has 0 fully saturated rings. The monoisotopic (exact) mass is 203 g/mol. The lowest BCUT2D eigenvalue weighted by Gasteiger charge is -1.98. The first kappa shape index (κ1) is 9.86. The summed E-state index contributed by atoms with van der Waals surface area (Å²) < 4.78 is 1.80. The minimum absolute atomic E-state index is 0.0198. The summed E-state index contributed by atoms with van der Waals surface area (Å²) >= 11 is 0. The van der Waals surface area contributed by atoms with E-state index in [1.807, 2.05) is 25.1 Å². The molecule has 2 aromatic heterocycles. The van der Waals surface area contributed by atoms with Crippen LogP contribution in [-0.2, 0) is 13.2 Å². The standard InChI is InChI=1S/C11H13N3O/c1-2-14-10(8-15)7-11(13-14)9-3-5-12-6-4-9/h3-7,15H,2,8H2,1H3. The highest BCUT2D eigenvalue weighted by atomic mass is 16.3. The third-order valence-electron chi connectivity index (χ3n) is 2.30. The minimum atomic E-state index is 0.0198. The van der Waals surface area contributed by atoms with Gasteiger partial charge in [0, 0.05) is 24.5 Å². The normalized spacial score (nSPS) is 10.5. The number of hydrogen-bond donors (Lipinski definition) is 1. The Hall–Kier alpha value is -1.68. The van der Waals surface area contributed by atoms with E-state index in [2.05, 4.69) is 10.1 Å². The van der Waals surface area contributed by atoms with Gasteiger partial charge in [-0.15, -0.1) is 0 Å². The van der Waals surface area contributed by atoms with E-state index < -0.39 is 0 Å². The van der Waals surface area contributed by atoms with Crippen molar-refractivity contribution in [2.45, 2.75) is 20.1 Å². The van der Waals surface area contributed by atoms with Crippen molar-refractivity contribution in [2.24, 2.45) is 0 Å². The highest BCUT2D eigenvalue weighted by molar-refractivity contribution is 5.58. The zero-order valence-corrected chi connectivity index (χ0v) is 8.59. The van der Waals surface area contributed by atoms with Crippen molar-refractivity contribution in [3.63, 3.8) is 0 Å². The van der Waals surface area contributed by atoms with Gasteiger partial charge in [-0.25, -0.2) is 0 Å². The average Bonchev–Trinajstić information content (AvgIpc) is 2.73. The Bertz CT molecular complexity index is 415. The predicted octanol–water partition coefficient (Wildman–Crippen LogP) is 1.46. The van der Waals surface area contributed by atoms with E-state index in [9.17, 15) is 0 Å². The van der Waals surface area contributed by atoms with Crippen LogP contribution in [0.2, 0.25) is 0 Å². The van der Waals surface area contributed by atoms with Gasteiger partial charge in [0.2, 0.25) is 0 Å². The van der Waals surface area contributed by atoms with Crippen LogP contribution in [0.1, 0.15) is 12.6 Å². The number of pyridine rings is 1. The molecule has 78 valence electrons. The molecule has 0 saturated carbocycles. The molecule has 0 bridgehead atoms. The summed E-state index contributed by atoms with van der Waals surface area (Å²) in [6, 6.07) is 5.71. The fourth-order valence-electron chi connectivity index (χ4n) is 1.52. The molecule has 4 nitrogen and oxygen atoms in total. The second-order valence-corrected chi connectivity index (χ2v) is 3.23. The third kappa shape index (κ3) is 1.89. The van der Waals surface area contributed by atoms with Crippen LogP contribution < -0.4 is 0 Å². The summed E-state index contributed by atoms with van der Waals surface area (Å²) in [6.45, 7) is 2.79. The lowest BCUT2D eigenvalue weighted by atomic mass is 10.2. The number of aliphatic hydroxyl groups is 1. The topological polar surface area (TPSA) is 50.9 Å². The fraction of sp³-hybridized carbons (Fsp3) is 0.273. The highest BCUT2D eigenvalue weighted by Gasteiger charge is 2.06. The summed E-state index contributed by atoms with van der Waals surface area (Å²) in [5, 5.41) is 13.5. The van der Waals surface area contributed by atoms with E-state index in [-0.39, 0.29) is 6.61 Å². The number of nitrogens with zero attached hydrogens (tertiary/aromatic N) is 3. The fourth-order valence-corrected chi connectivity index (χ4v) is 1.52. The smallest absolute Gasteiger partial charge is 0.0928 e. The van der Waals surface area contributed by atoms with Gasteiger partial charge in [0.15, 0.2) is 0 Å². The first-order valence-electron chi connectivity index (χ1n) is 4.93. The molecule has 2 heterocycles. The van der Waals surface area contributed by atoms with E-state index in [1.54, 1.807) is 17.1 Å². The van der Waals surface area contributed by atoms with Crippen LogP contribution in [0.3, 0.4) is 0 Å². The van der Waals surface area contributed by atoms with Crippen molar-refractivity contribution in [3.8, 4) is 11.3 Å². The van der Waals surface area contributed by atoms with Crippen LogP contribution in [0.5, 0.6) is 0 Å². The molecule has 15 heavy (non-hydrogen) atoms. The Morgan fingerprint density at radius 2 is 2.07 bits per heavy atom. The maximum absolute atomic E-state index is 9.14. The number of aliphatic hydroxyl groups excluding tert-OH is 1. The number of hydrogen-bond acceptors (Lipinski definition) is 3. The van der Waals surface area contributed by atoms with Crippen molar-refractivity contribution in [1.29, 1.82) is 0 Å². The average molecular weight is 203 g/mol. The summed E-state index contributed by atoms with van der Waals surface area (Å²) in [7, 11) is 0. The molecule has 0 amide bonds. The Labute approximate surface area is 88.2 Å². The van der Waals surface area contributed by atoms with Crippen molar-refractivity contribution in [1.82, 2.24) is 14.8 Å². The maximum Gasteiger partial charge on any atom is 0.0928 e. The van der Waals surface area contributed by atoms with Gasteiger partial charge in [-0.1, -0.05) is 0 Å². The van der Waals surface area contributed by atoms with Crippen LogP contribution >= 0.6 is 0 Å². The highest BCUT2D eigenvalue weighted by Crippen LogP contribution is 2.18. The molecule has 0 saturated heterocycles. The molecule has 2 aromatic rings. The molecule has 0 unspecified atom stereocenters. The lowest BCUT2D eigenvalue weighted by molar-refractivity contribution is 0.268. The van der Waals surface area contributed by atoms with Crippen molar-refractivity contribution >= 4 is 0 Å². The van der Waals surface area contributed by atoms with E-state index >= 15 is 0 Å². The molecular formula is C11H13N3O.